The third kappa shape index (κ3) is 1.90. The first-order valence-corrected chi connectivity index (χ1v) is 3.80. The summed E-state index contributed by atoms with van der Waals surface area (Å²) >= 11 is 0.144. The Morgan fingerprint density at radius 1 is 1.36 bits per heavy atom. The van der Waals surface area contributed by atoms with Crippen LogP contribution in [0.2, 0.25) is 0 Å². The van der Waals surface area contributed by atoms with Gasteiger partial charge in [0, 0.05) is 4.21 Å². The van der Waals surface area contributed by atoms with Crippen LogP contribution in [0, 0.1) is 0 Å². The second-order valence-corrected chi connectivity index (χ2v) is 3.24. The lowest BCUT2D eigenvalue weighted by Crippen LogP contribution is -2.03. The quantitative estimate of drug-likeness (QED) is 0.644. The number of hydrogen-bond acceptors (Lipinski definition) is 4. The van der Waals surface area contributed by atoms with Gasteiger partial charge in [-0.3, -0.25) is 0 Å². The smallest absolute Gasteiger partial charge is 0.164 e. The van der Waals surface area contributed by atoms with E-state index in [1.807, 2.05) is 0 Å². The normalized spacial score (nSPS) is 11.5. The monoisotopic (exact) mass is 201 g/mol. The maximum absolute atomic E-state index is 11.7. The molecule has 0 N–H and O–H groups in total. The van der Waals surface area contributed by atoms with Crippen molar-refractivity contribution in [1.82, 2.24) is 10.2 Å². The van der Waals surface area contributed by atoms with Crippen LogP contribution in [-0.2, 0) is 22.1 Å². The molecule has 1 rings (SSSR count). The van der Waals surface area contributed by atoms with Gasteiger partial charge < -0.3 is 0 Å². The van der Waals surface area contributed by atoms with E-state index in [0.717, 1.165) is 0 Å². The van der Waals surface area contributed by atoms with Gasteiger partial charge in [0.15, 0.2) is 0 Å². The van der Waals surface area contributed by atoms with Crippen LogP contribution in [0.5, 0.6) is 0 Å². The van der Waals surface area contributed by atoms with E-state index in [1.54, 1.807) is 0 Å². The Morgan fingerprint density at radius 2 is 2.00 bits per heavy atom. The van der Waals surface area contributed by atoms with Gasteiger partial charge in [-0.15, -0.1) is 5.10 Å². The lowest BCUT2D eigenvalue weighted by Gasteiger charge is -1.96. The van der Waals surface area contributed by atoms with Gasteiger partial charge in [0.2, 0.25) is 5.01 Å². The Labute approximate surface area is 66.7 Å². The van der Waals surface area contributed by atoms with Crippen LogP contribution in [0.25, 0.3) is 0 Å². The van der Waals surface area contributed by atoms with Crippen LogP contribution in [0.1, 0.15) is 5.01 Å². The van der Waals surface area contributed by atoms with Crippen LogP contribution >= 0.6 is 11.3 Å². The maximum atomic E-state index is 11.7. The summed E-state index contributed by atoms with van der Waals surface area (Å²) in [7, 11) is 0. The lowest BCUT2D eigenvalue weighted by atomic mass is 10.7. The van der Waals surface area contributed by atoms with Crippen LogP contribution in [0.3, 0.4) is 0 Å². The molecule has 8 heteroatoms. The van der Waals surface area contributed by atoms with Crippen LogP contribution in [0.4, 0.5) is 13.2 Å². The molecule has 0 saturated heterocycles. The fourth-order valence-corrected chi connectivity index (χ4v) is 1.25. The standard InChI is InChI=1S/C3F3N2OS2/c4-3(5,6)1-7-8-2(10-1)11-9/q+1. The molecular weight excluding hydrogens is 201 g/mol. The van der Waals surface area contributed by atoms with Crippen molar-refractivity contribution >= 4 is 23.0 Å². The molecule has 0 spiro atoms. The molecule has 0 atom stereocenters. The number of hydrogen-bond donors (Lipinski definition) is 0. The summed E-state index contributed by atoms with van der Waals surface area (Å²) in [5.41, 5.74) is 0. The van der Waals surface area contributed by atoms with E-state index in [4.69, 9.17) is 0 Å². The van der Waals surface area contributed by atoms with Crippen LogP contribution in [0.15, 0.2) is 4.34 Å². The van der Waals surface area contributed by atoms with Crippen molar-refractivity contribution in [2.24, 2.45) is 0 Å². The number of nitrogens with zero attached hydrogens (tertiary/aromatic N) is 2. The third-order valence-corrected chi connectivity index (χ3v) is 2.16. The third-order valence-electron chi connectivity index (χ3n) is 0.720. The fourth-order valence-electron chi connectivity index (χ4n) is 0.358. The van der Waals surface area contributed by atoms with E-state index < -0.39 is 11.2 Å². The Hall–Kier alpha value is -0.630. The van der Waals surface area contributed by atoms with Crippen molar-refractivity contribution in [2.45, 2.75) is 10.5 Å². The van der Waals surface area contributed by atoms with Crippen LogP contribution in [-0.4, -0.2) is 10.2 Å². The largest absolute Gasteiger partial charge is 0.541 e. The molecule has 0 aliphatic carbocycles. The first-order valence-electron chi connectivity index (χ1n) is 2.24. The summed E-state index contributed by atoms with van der Waals surface area (Å²) in [6, 6.07) is 0. The van der Waals surface area contributed by atoms with Gasteiger partial charge in [-0.1, -0.05) is 5.10 Å². The second-order valence-electron chi connectivity index (χ2n) is 1.45. The minimum atomic E-state index is -4.49. The van der Waals surface area contributed by atoms with Gasteiger partial charge in [0.25, 0.3) is 0 Å². The van der Waals surface area contributed by atoms with E-state index in [2.05, 4.69) is 10.2 Å². The Morgan fingerprint density at radius 3 is 2.27 bits per heavy atom. The Bertz CT molecular complexity index is 270. The van der Waals surface area contributed by atoms with Gasteiger partial charge in [-0.25, -0.2) is 0 Å². The lowest BCUT2D eigenvalue weighted by molar-refractivity contribution is -0.138. The van der Waals surface area contributed by atoms with Gasteiger partial charge in [-0.05, 0) is 11.3 Å². The van der Waals surface area contributed by atoms with Crippen molar-refractivity contribution in [3.05, 3.63) is 5.01 Å². The van der Waals surface area contributed by atoms with Gasteiger partial charge in [-0.2, -0.15) is 13.2 Å². The van der Waals surface area contributed by atoms with Crippen molar-refractivity contribution in [1.29, 1.82) is 0 Å². The van der Waals surface area contributed by atoms with Crippen molar-refractivity contribution in [2.75, 3.05) is 0 Å². The molecule has 0 aliphatic rings. The van der Waals surface area contributed by atoms with Crippen molar-refractivity contribution in [3.63, 3.8) is 0 Å². The molecule has 0 unspecified atom stereocenters. The Kier molecular flexibility index (Phi) is 2.14. The fraction of sp³-hybridized carbons (Fsp3) is 0.333. The zero-order valence-electron chi connectivity index (χ0n) is 4.75. The molecule has 0 saturated carbocycles. The van der Waals surface area contributed by atoms with E-state index in [0.29, 0.717) is 0 Å². The van der Waals surface area contributed by atoms with Gasteiger partial charge in [0.05, 0.1) is 0 Å². The zero-order chi connectivity index (χ0) is 8.48. The molecule has 0 amide bonds. The highest BCUT2D eigenvalue weighted by molar-refractivity contribution is 7.68. The molecule has 1 heterocycles. The average molecular weight is 201 g/mol. The molecule has 60 valence electrons. The Balaban J connectivity index is 2.98. The molecule has 0 aromatic carbocycles. The van der Waals surface area contributed by atoms with E-state index >= 15 is 0 Å². The molecule has 1 aromatic heterocycles. The first-order chi connectivity index (χ1) is 5.04. The maximum Gasteiger partial charge on any atom is 0.541 e. The zero-order valence-corrected chi connectivity index (χ0v) is 6.39. The number of alkyl halides is 3. The number of halogens is 3. The van der Waals surface area contributed by atoms with Crippen molar-refractivity contribution in [3.8, 4) is 0 Å². The summed E-state index contributed by atoms with van der Waals surface area (Å²) in [6.07, 6.45) is -4.49. The highest BCUT2D eigenvalue weighted by atomic mass is 32.2. The minimum Gasteiger partial charge on any atom is -0.164 e. The molecular formula is C3F3N2OS2+. The molecule has 1 aromatic rings. The summed E-state index contributed by atoms with van der Waals surface area (Å²) in [5, 5.41) is 4.69. The van der Waals surface area contributed by atoms with Crippen LogP contribution < -0.4 is 0 Å². The summed E-state index contributed by atoms with van der Waals surface area (Å²) < 4.78 is 44.9. The number of aromatic nitrogens is 2. The number of rotatable bonds is 1. The van der Waals surface area contributed by atoms with E-state index in [-0.39, 0.29) is 27.3 Å². The summed E-state index contributed by atoms with van der Waals surface area (Å²) in [4.78, 5) is 0. The van der Waals surface area contributed by atoms with Gasteiger partial charge >= 0.3 is 22.2 Å². The predicted octanol–water partition coefficient (Wildman–Crippen LogP) is 1.34. The average Bonchev–Trinajstić information content (AvgIpc) is 2.32. The molecule has 0 bridgehead atoms. The molecule has 0 fully saturated rings. The SMILES string of the molecule is O=[S+]c1nnc(C(F)(F)F)s1. The predicted molar refractivity (Wildman–Crippen MR) is 31.2 cm³/mol. The summed E-state index contributed by atoms with van der Waals surface area (Å²) in [6.45, 7) is 0. The highest BCUT2D eigenvalue weighted by Crippen LogP contribution is 2.31. The van der Waals surface area contributed by atoms with E-state index in [9.17, 15) is 17.4 Å². The highest BCUT2D eigenvalue weighted by Gasteiger charge is 2.37. The first kappa shape index (κ1) is 8.47. The van der Waals surface area contributed by atoms with Crippen molar-refractivity contribution < 1.29 is 17.4 Å². The topological polar surface area (TPSA) is 42.9 Å². The van der Waals surface area contributed by atoms with Gasteiger partial charge in [0.1, 0.15) is 0 Å². The second kappa shape index (κ2) is 2.78. The van der Waals surface area contributed by atoms with E-state index in [1.165, 1.54) is 0 Å². The molecule has 11 heavy (non-hydrogen) atoms. The molecule has 3 nitrogen and oxygen atoms in total. The summed E-state index contributed by atoms with van der Waals surface area (Å²) in [5.74, 6) is 0. The molecule has 0 aliphatic heterocycles. The molecule has 0 radical (unpaired) electrons. The minimum absolute atomic E-state index is 0.0994.